The van der Waals surface area contributed by atoms with E-state index in [2.05, 4.69) is 4.90 Å². The molecule has 0 saturated heterocycles. The number of nitrogens with two attached hydrogens (primary N) is 1. The van der Waals surface area contributed by atoms with Gasteiger partial charge in [0, 0.05) is 12.6 Å². The van der Waals surface area contributed by atoms with Gasteiger partial charge < -0.3 is 20.1 Å². The molecule has 0 spiro atoms. The number of nitrogens with zero attached hydrogens (tertiary/aromatic N) is 1. The first-order valence-corrected chi connectivity index (χ1v) is 5.44. The maximum absolute atomic E-state index is 6.04. The first-order chi connectivity index (χ1) is 7.65. The summed E-state index contributed by atoms with van der Waals surface area (Å²) in [4.78, 5) is 2.09. The van der Waals surface area contributed by atoms with Gasteiger partial charge in [0.25, 0.3) is 0 Å². The molecule has 0 fully saturated rings. The van der Waals surface area contributed by atoms with E-state index in [9.17, 15) is 0 Å². The van der Waals surface area contributed by atoms with Crippen LogP contribution in [0.15, 0.2) is 18.2 Å². The molecule has 4 heteroatoms. The van der Waals surface area contributed by atoms with Gasteiger partial charge in [0.1, 0.15) is 0 Å². The summed E-state index contributed by atoms with van der Waals surface area (Å²) in [6.07, 6.45) is 0.856. The quantitative estimate of drug-likeness (QED) is 0.820. The number of hydrogen-bond donors (Lipinski definition) is 1. The minimum absolute atomic E-state index is 0.148. The zero-order valence-electron chi connectivity index (χ0n) is 9.77. The summed E-state index contributed by atoms with van der Waals surface area (Å²) in [6.45, 7) is 1.21. The Kier molecular flexibility index (Phi) is 3.31. The highest BCUT2D eigenvalue weighted by Gasteiger charge is 2.14. The molecule has 1 aromatic carbocycles. The highest BCUT2D eigenvalue weighted by Crippen LogP contribution is 2.32. The van der Waals surface area contributed by atoms with Crippen molar-refractivity contribution in [1.82, 2.24) is 4.90 Å². The van der Waals surface area contributed by atoms with Crippen molar-refractivity contribution in [3.8, 4) is 11.5 Å². The fraction of sp³-hybridized carbons (Fsp3) is 0.500. The van der Waals surface area contributed by atoms with Crippen molar-refractivity contribution < 1.29 is 9.47 Å². The van der Waals surface area contributed by atoms with Crippen LogP contribution in [0.4, 0.5) is 0 Å². The van der Waals surface area contributed by atoms with Crippen LogP contribution in [-0.4, -0.2) is 38.4 Å². The second kappa shape index (κ2) is 4.72. The normalized spacial score (nSPS) is 15.5. The van der Waals surface area contributed by atoms with E-state index >= 15 is 0 Å². The smallest absolute Gasteiger partial charge is 0.231 e. The summed E-state index contributed by atoms with van der Waals surface area (Å²) in [5.74, 6) is 1.65. The molecule has 1 aliphatic heterocycles. The van der Waals surface area contributed by atoms with Crippen LogP contribution in [0, 0.1) is 0 Å². The van der Waals surface area contributed by atoms with E-state index in [1.54, 1.807) is 0 Å². The monoisotopic (exact) mass is 222 g/mol. The molecular weight excluding hydrogens is 204 g/mol. The molecule has 2 N–H and O–H groups in total. The molecule has 0 saturated carbocycles. The third-order valence-electron chi connectivity index (χ3n) is 2.53. The van der Waals surface area contributed by atoms with Crippen LogP contribution in [0.1, 0.15) is 5.56 Å². The van der Waals surface area contributed by atoms with Crippen molar-refractivity contribution in [1.29, 1.82) is 0 Å². The fourth-order valence-electron chi connectivity index (χ4n) is 1.90. The summed E-state index contributed by atoms with van der Waals surface area (Å²) in [6, 6.07) is 6.15. The molecule has 0 radical (unpaired) electrons. The maximum atomic E-state index is 6.04. The van der Waals surface area contributed by atoms with Gasteiger partial charge in [-0.25, -0.2) is 0 Å². The van der Waals surface area contributed by atoms with Crippen molar-refractivity contribution in [2.24, 2.45) is 5.73 Å². The molecule has 0 aliphatic carbocycles. The van der Waals surface area contributed by atoms with E-state index in [0.29, 0.717) is 6.79 Å². The molecule has 0 aromatic heterocycles. The summed E-state index contributed by atoms with van der Waals surface area (Å²) < 4.78 is 10.6. The lowest BCUT2D eigenvalue weighted by Crippen LogP contribution is -2.34. The maximum Gasteiger partial charge on any atom is 0.231 e. The van der Waals surface area contributed by atoms with Gasteiger partial charge in [0.2, 0.25) is 6.79 Å². The fourth-order valence-corrected chi connectivity index (χ4v) is 1.90. The number of ether oxygens (including phenoxy) is 2. The average molecular weight is 222 g/mol. The third-order valence-corrected chi connectivity index (χ3v) is 2.53. The number of rotatable bonds is 4. The van der Waals surface area contributed by atoms with E-state index in [0.717, 1.165) is 24.5 Å². The van der Waals surface area contributed by atoms with Crippen molar-refractivity contribution in [3.05, 3.63) is 23.8 Å². The van der Waals surface area contributed by atoms with Crippen molar-refractivity contribution >= 4 is 0 Å². The zero-order chi connectivity index (χ0) is 11.5. The van der Waals surface area contributed by atoms with Crippen LogP contribution in [0.3, 0.4) is 0 Å². The second-order valence-electron chi connectivity index (χ2n) is 4.41. The molecule has 0 amide bonds. The van der Waals surface area contributed by atoms with Crippen LogP contribution in [0.25, 0.3) is 0 Å². The van der Waals surface area contributed by atoms with Gasteiger partial charge in [-0.15, -0.1) is 0 Å². The third kappa shape index (κ3) is 2.65. The Morgan fingerprint density at radius 3 is 2.81 bits per heavy atom. The van der Waals surface area contributed by atoms with Crippen LogP contribution in [-0.2, 0) is 6.42 Å². The first kappa shape index (κ1) is 11.2. The molecule has 1 atom stereocenters. The topological polar surface area (TPSA) is 47.7 Å². The van der Waals surface area contributed by atoms with Crippen molar-refractivity contribution in [2.45, 2.75) is 12.5 Å². The van der Waals surface area contributed by atoms with Crippen LogP contribution < -0.4 is 15.2 Å². The highest BCUT2D eigenvalue weighted by molar-refractivity contribution is 5.44. The lowest BCUT2D eigenvalue weighted by molar-refractivity contribution is 0.174. The molecule has 1 aromatic rings. The van der Waals surface area contributed by atoms with Gasteiger partial charge in [0.05, 0.1) is 0 Å². The number of hydrogen-bond acceptors (Lipinski definition) is 4. The highest BCUT2D eigenvalue weighted by atomic mass is 16.7. The minimum atomic E-state index is 0.148. The molecule has 2 rings (SSSR count). The number of fused-ring (bicyclic) bond motifs is 1. The Labute approximate surface area is 95.9 Å². The lowest BCUT2D eigenvalue weighted by atomic mass is 10.1. The van der Waals surface area contributed by atoms with Crippen LogP contribution in [0.5, 0.6) is 11.5 Å². The summed E-state index contributed by atoms with van der Waals surface area (Å²) >= 11 is 0. The molecule has 1 unspecified atom stereocenters. The molecule has 0 bridgehead atoms. The van der Waals surface area contributed by atoms with E-state index in [-0.39, 0.29) is 6.04 Å². The van der Waals surface area contributed by atoms with E-state index < -0.39 is 0 Å². The Bertz CT molecular complexity index is 366. The first-order valence-electron chi connectivity index (χ1n) is 5.44. The molecule has 88 valence electrons. The molecule has 4 nitrogen and oxygen atoms in total. The number of likely N-dealkylation sites (N-methyl/N-ethyl adjacent to an activating group) is 1. The van der Waals surface area contributed by atoms with Crippen molar-refractivity contribution in [3.63, 3.8) is 0 Å². The summed E-state index contributed by atoms with van der Waals surface area (Å²) in [7, 11) is 4.05. The standard InChI is InChI=1S/C12H18N2O2/c1-14(2)7-10(13)5-9-3-4-11-12(6-9)16-8-15-11/h3-4,6,10H,5,7-8,13H2,1-2H3. The minimum Gasteiger partial charge on any atom is -0.454 e. The van der Waals surface area contributed by atoms with Crippen molar-refractivity contribution in [2.75, 3.05) is 27.4 Å². The van der Waals surface area contributed by atoms with Gasteiger partial charge in [-0.3, -0.25) is 0 Å². The number of benzene rings is 1. The molecular formula is C12H18N2O2. The van der Waals surface area contributed by atoms with Crippen LogP contribution >= 0.6 is 0 Å². The van der Waals surface area contributed by atoms with E-state index in [4.69, 9.17) is 15.2 Å². The van der Waals surface area contributed by atoms with Crippen LogP contribution in [0.2, 0.25) is 0 Å². The van der Waals surface area contributed by atoms with Gasteiger partial charge in [-0.1, -0.05) is 6.07 Å². The predicted octanol–water partition coefficient (Wildman–Crippen LogP) is 0.847. The lowest BCUT2D eigenvalue weighted by Gasteiger charge is -2.16. The average Bonchev–Trinajstić information content (AvgIpc) is 2.63. The van der Waals surface area contributed by atoms with Gasteiger partial charge in [-0.05, 0) is 38.2 Å². The Balaban J connectivity index is 1.99. The molecule has 1 aliphatic rings. The Morgan fingerprint density at radius 2 is 2.06 bits per heavy atom. The second-order valence-corrected chi connectivity index (χ2v) is 4.41. The Hall–Kier alpha value is -1.26. The van der Waals surface area contributed by atoms with E-state index in [1.165, 1.54) is 5.56 Å². The van der Waals surface area contributed by atoms with Gasteiger partial charge in [-0.2, -0.15) is 0 Å². The zero-order valence-corrected chi connectivity index (χ0v) is 9.77. The summed E-state index contributed by atoms with van der Waals surface area (Å²) in [5.41, 5.74) is 7.23. The predicted molar refractivity (Wildman–Crippen MR) is 62.8 cm³/mol. The summed E-state index contributed by atoms with van der Waals surface area (Å²) in [5, 5.41) is 0. The van der Waals surface area contributed by atoms with Gasteiger partial charge >= 0.3 is 0 Å². The van der Waals surface area contributed by atoms with E-state index in [1.807, 2.05) is 32.3 Å². The SMILES string of the molecule is CN(C)CC(N)Cc1ccc2c(c1)OCO2. The Morgan fingerprint density at radius 1 is 1.31 bits per heavy atom. The molecule has 16 heavy (non-hydrogen) atoms. The molecule has 1 heterocycles. The largest absolute Gasteiger partial charge is 0.454 e. The van der Waals surface area contributed by atoms with Gasteiger partial charge in [0.15, 0.2) is 11.5 Å².